The van der Waals surface area contributed by atoms with Crippen LogP contribution in [0.2, 0.25) is 0 Å². The highest BCUT2D eigenvalue weighted by Crippen LogP contribution is 2.56. The molecule has 2 aromatic rings. The number of ketones is 1. The maximum absolute atomic E-state index is 12.6. The third-order valence-electron chi connectivity index (χ3n) is 3.81. The molecule has 0 saturated heterocycles. The fraction of sp³-hybridized carbons (Fsp3) is 0.294. The summed E-state index contributed by atoms with van der Waals surface area (Å²) in [6.45, 7) is 2.07. The van der Waals surface area contributed by atoms with Gasteiger partial charge < -0.3 is 9.15 Å². The summed E-state index contributed by atoms with van der Waals surface area (Å²) in [5.74, 6) is -0.737. The Hall–Kier alpha value is -2.36. The van der Waals surface area contributed by atoms with Gasteiger partial charge in [-0.05, 0) is 19.1 Å². The van der Waals surface area contributed by atoms with Gasteiger partial charge in [0, 0.05) is 17.4 Å². The maximum Gasteiger partial charge on any atom is 0.310 e. The summed E-state index contributed by atoms with van der Waals surface area (Å²) in [7, 11) is 0. The van der Waals surface area contributed by atoms with Crippen molar-refractivity contribution in [1.82, 2.24) is 0 Å². The molecule has 0 aliphatic heterocycles. The predicted octanol–water partition coefficient (Wildman–Crippen LogP) is 3.06. The number of furan rings is 1. The van der Waals surface area contributed by atoms with Gasteiger partial charge in [0.15, 0.2) is 5.78 Å². The van der Waals surface area contributed by atoms with Crippen molar-refractivity contribution in [3.63, 3.8) is 0 Å². The maximum atomic E-state index is 12.6. The largest absolute Gasteiger partial charge is 0.469 e. The minimum Gasteiger partial charge on any atom is -0.469 e. The first-order valence-corrected chi connectivity index (χ1v) is 7.03. The molecule has 4 heteroatoms. The van der Waals surface area contributed by atoms with E-state index in [0.717, 1.165) is 0 Å². The van der Waals surface area contributed by atoms with Crippen molar-refractivity contribution in [2.24, 2.45) is 11.8 Å². The van der Waals surface area contributed by atoms with Gasteiger partial charge in [0.05, 0.1) is 18.8 Å². The molecule has 0 N–H and O–H groups in total. The van der Waals surface area contributed by atoms with Crippen molar-refractivity contribution >= 4 is 11.8 Å². The van der Waals surface area contributed by atoms with Crippen LogP contribution in [0.15, 0.2) is 53.1 Å². The molecule has 1 aromatic carbocycles. The van der Waals surface area contributed by atoms with Gasteiger partial charge in [-0.3, -0.25) is 9.59 Å². The van der Waals surface area contributed by atoms with E-state index in [1.807, 2.05) is 18.2 Å². The Morgan fingerprint density at radius 2 is 1.86 bits per heavy atom. The van der Waals surface area contributed by atoms with Crippen molar-refractivity contribution in [3.8, 4) is 0 Å². The van der Waals surface area contributed by atoms with Crippen LogP contribution in [0.3, 0.4) is 0 Å². The second-order valence-corrected chi connectivity index (χ2v) is 5.08. The first-order valence-electron chi connectivity index (χ1n) is 7.03. The summed E-state index contributed by atoms with van der Waals surface area (Å²) >= 11 is 0. The number of hydrogen-bond donors (Lipinski definition) is 0. The van der Waals surface area contributed by atoms with Crippen molar-refractivity contribution < 1.29 is 18.7 Å². The van der Waals surface area contributed by atoms with Gasteiger partial charge in [-0.1, -0.05) is 30.3 Å². The minimum atomic E-state index is -0.441. The van der Waals surface area contributed by atoms with Gasteiger partial charge in [0.2, 0.25) is 0 Å². The molecule has 1 aliphatic rings. The summed E-state index contributed by atoms with van der Waals surface area (Å²) in [5.41, 5.74) is 0.617. The van der Waals surface area contributed by atoms with E-state index in [4.69, 9.17) is 9.15 Å². The van der Waals surface area contributed by atoms with Gasteiger partial charge in [0.25, 0.3) is 0 Å². The Balaban J connectivity index is 1.85. The summed E-state index contributed by atoms with van der Waals surface area (Å²) < 4.78 is 10.4. The van der Waals surface area contributed by atoms with Crippen molar-refractivity contribution in [3.05, 3.63) is 60.1 Å². The highest BCUT2D eigenvalue weighted by molar-refractivity contribution is 6.04. The normalized spacial score (nSPS) is 23.6. The van der Waals surface area contributed by atoms with Crippen LogP contribution in [0.5, 0.6) is 0 Å². The zero-order valence-electron chi connectivity index (χ0n) is 11.7. The Labute approximate surface area is 122 Å². The van der Waals surface area contributed by atoms with Crippen LogP contribution < -0.4 is 0 Å². The summed E-state index contributed by atoms with van der Waals surface area (Å²) in [6.07, 6.45) is 1.56. The van der Waals surface area contributed by atoms with Gasteiger partial charge in [0.1, 0.15) is 5.76 Å². The van der Waals surface area contributed by atoms with Crippen LogP contribution in [-0.4, -0.2) is 18.4 Å². The minimum absolute atomic E-state index is 0.0324. The van der Waals surface area contributed by atoms with Crippen molar-refractivity contribution in [1.29, 1.82) is 0 Å². The molecule has 108 valence electrons. The van der Waals surface area contributed by atoms with Gasteiger partial charge in [-0.25, -0.2) is 0 Å². The molecule has 1 saturated carbocycles. The lowest BCUT2D eigenvalue weighted by Gasteiger charge is -2.00. The monoisotopic (exact) mass is 284 g/mol. The molecule has 1 aromatic heterocycles. The lowest BCUT2D eigenvalue weighted by atomic mass is 10.1. The number of Topliss-reactive ketones (excluding diaryl/α,β-unsaturated/α-hetero) is 1. The molecule has 0 spiro atoms. The summed E-state index contributed by atoms with van der Waals surface area (Å²) in [5, 5.41) is 0. The van der Waals surface area contributed by atoms with E-state index < -0.39 is 11.8 Å². The quantitative estimate of drug-likeness (QED) is 0.625. The SMILES string of the molecule is CCOC(=O)[C@H]1[C@@H](C(=O)c2ccccc2)[C@@H]1c1ccco1. The van der Waals surface area contributed by atoms with Crippen LogP contribution in [0.1, 0.15) is 29.0 Å². The predicted molar refractivity (Wildman–Crippen MR) is 75.8 cm³/mol. The third kappa shape index (κ3) is 2.49. The topological polar surface area (TPSA) is 56.5 Å². The second-order valence-electron chi connectivity index (χ2n) is 5.08. The summed E-state index contributed by atoms with van der Waals surface area (Å²) in [4.78, 5) is 24.6. The van der Waals surface area contributed by atoms with Crippen LogP contribution in [0.4, 0.5) is 0 Å². The fourth-order valence-corrected chi connectivity index (χ4v) is 2.80. The molecule has 4 nitrogen and oxygen atoms in total. The van der Waals surface area contributed by atoms with Crippen LogP contribution in [0.25, 0.3) is 0 Å². The van der Waals surface area contributed by atoms with E-state index in [9.17, 15) is 9.59 Å². The molecule has 1 aliphatic carbocycles. The third-order valence-corrected chi connectivity index (χ3v) is 3.81. The number of ether oxygens (including phenoxy) is 1. The van der Waals surface area contributed by atoms with E-state index >= 15 is 0 Å². The molecular weight excluding hydrogens is 268 g/mol. The number of esters is 1. The zero-order valence-corrected chi connectivity index (χ0v) is 11.7. The van der Waals surface area contributed by atoms with E-state index in [1.54, 1.807) is 37.5 Å². The molecule has 1 fully saturated rings. The smallest absolute Gasteiger partial charge is 0.310 e. The number of hydrogen-bond acceptors (Lipinski definition) is 4. The highest BCUT2D eigenvalue weighted by atomic mass is 16.5. The van der Waals surface area contributed by atoms with Crippen molar-refractivity contribution in [2.75, 3.05) is 6.61 Å². The number of benzene rings is 1. The van der Waals surface area contributed by atoms with Gasteiger partial charge in [-0.15, -0.1) is 0 Å². The molecule has 0 radical (unpaired) electrons. The average molecular weight is 284 g/mol. The van der Waals surface area contributed by atoms with Gasteiger partial charge >= 0.3 is 5.97 Å². The Kier molecular flexibility index (Phi) is 3.60. The van der Waals surface area contributed by atoms with E-state index in [0.29, 0.717) is 17.9 Å². The molecule has 0 bridgehead atoms. The van der Waals surface area contributed by atoms with E-state index in [-0.39, 0.29) is 17.7 Å². The molecule has 0 amide bonds. The number of rotatable bonds is 5. The molecular formula is C17H16O4. The van der Waals surface area contributed by atoms with Crippen LogP contribution in [0, 0.1) is 11.8 Å². The Bertz CT molecular complexity index is 630. The zero-order chi connectivity index (χ0) is 14.8. The lowest BCUT2D eigenvalue weighted by molar-refractivity contribution is -0.145. The standard InChI is InChI=1S/C17H16O4/c1-2-20-17(19)15-13(12-9-6-10-21-12)14(15)16(18)11-7-4-3-5-8-11/h3-10,13-15H,2H2,1H3/t13-,14-,15+/m0/s1. The molecule has 21 heavy (non-hydrogen) atoms. The second kappa shape index (κ2) is 5.56. The van der Waals surface area contributed by atoms with Crippen molar-refractivity contribution in [2.45, 2.75) is 12.8 Å². The molecule has 3 atom stereocenters. The van der Waals surface area contributed by atoms with E-state index in [1.165, 1.54) is 0 Å². The lowest BCUT2D eigenvalue weighted by Crippen LogP contribution is -2.11. The first kappa shape index (κ1) is 13.6. The fourth-order valence-electron chi connectivity index (χ4n) is 2.80. The number of carbonyl (C=O) groups is 2. The summed E-state index contributed by atoms with van der Waals surface area (Å²) in [6, 6.07) is 12.6. The Morgan fingerprint density at radius 1 is 1.10 bits per heavy atom. The average Bonchev–Trinajstić information content (AvgIpc) is 3.02. The molecule has 3 rings (SSSR count). The van der Waals surface area contributed by atoms with Gasteiger partial charge in [-0.2, -0.15) is 0 Å². The Morgan fingerprint density at radius 3 is 2.48 bits per heavy atom. The molecule has 0 unspecified atom stereocenters. The van der Waals surface area contributed by atoms with Crippen LogP contribution in [-0.2, 0) is 9.53 Å². The molecule has 1 heterocycles. The first-order chi connectivity index (χ1) is 10.2. The van der Waals surface area contributed by atoms with E-state index in [2.05, 4.69) is 0 Å². The number of carbonyl (C=O) groups excluding carboxylic acids is 2. The van der Waals surface area contributed by atoms with Crippen LogP contribution >= 0.6 is 0 Å². The highest BCUT2D eigenvalue weighted by Gasteiger charge is 2.61.